The van der Waals surface area contributed by atoms with Gasteiger partial charge in [0, 0.05) is 20.6 Å². The number of hydrogen-bond donors (Lipinski definition) is 0. The lowest BCUT2D eigenvalue weighted by molar-refractivity contribution is 0.0714. The van der Waals surface area contributed by atoms with Crippen LogP contribution in [0.25, 0.3) is 10.8 Å². The lowest BCUT2D eigenvalue weighted by Gasteiger charge is -2.21. The average molecular weight is 511 g/mol. The molecule has 0 saturated heterocycles. The molecule has 0 aliphatic carbocycles. The van der Waals surface area contributed by atoms with E-state index in [1.54, 1.807) is 24.3 Å². The van der Waals surface area contributed by atoms with E-state index in [-0.39, 0.29) is 10.5 Å². The van der Waals surface area contributed by atoms with Gasteiger partial charge in [-0.25, -0.2) is 19.6 Å². The second-order valence-corrected chi connectivity index (χ2v) is 10.4. The van der Waals surface area contributed by atoms with Crippen molar-refractivity contribution in [2.75, 3.05) is 0 Å². The molecule has 0 unspecified atom stereocenters. The molecular weight excluding hydrogens is 492 g/mol. The van der Waals surface area contributed by atoms with Crippen LogP contribution < -0.4 is 0 Å². The normalized spacial score (nSPS) is 13.6. The van der Waals surface area contributed by atoms with Gasteiger partial charge in [0.2, 0.25) is 0 Å². The Morgan fingerprint density at radius 2 is 0.972 bits per heavy atom. The molecule has 8 heteroatoms. The molecule has 4 aromatic carbocycles. The predicted molar refractivity (Wildman–Crippen MR) is 143 cm³/mol. The molecular formula is C28H18N2O4S2. The molecule has 0 N–H and O–H groups in total. The smallest absolute Gasteiger partial charge is 0.345 e. The fourth-order valence-electron chi connectivity index (χ4n) is 3.93. The molecule has 0 radical (unpaired) electrons. The fraction of sp³-hybridized carbons (Fsp3) is 0.0714. The Morgan fingerprint density at radius 3 is 1.36 bits per heavy atom. The van der Waals surface area contributed by atoms with Crippen LogP contribution in [0.5, 0.6) is 0 Å². The summed E-state index contributed by atoms with van der Waals surface area (Å²) in [6.07, 6.45) is 0. The first kappa shape index (κ1) is 22.6. The molecule has 4 aromatic rings. The van der Waals surface area contributed by atoms with Crippen LogP contribution in [0.2, 0.25) is 0 Å². The third-order valence-electron chi connectivity index (χ3n) is 5.79. The lowest BCUT2D eigenvalue weighted by atomic mass is 10.1. The molecule has 0 bridgehead atoms. The van der Waals surface area contributed by atoms with Crippen molar-refractivity contribution in [2.45, 2.75) is 23.6 Å². The molecule has 0 aromatic heterocycles. The van der Waals surface area contributed by atoms with Crippen molar-refractivity contribution in [3.8, 4) is 0 Å². The number of aryl methyl sites for hydroxylation is 2. The van der Waals surface area contributed by atoms with E-state index in [1.807, 2.05) is 62.4 Å². The van der Waals surface area contributed by atoms with Crippen molar-refractivity contribution >= 4 is 68.1 Å². The van der Waals surface area contributed by atoms with E-state index >= 15 is 0 Å². The van der Waals surface area contributed by atoms with Crippen LogP contribution in [0.3, 0.4) is 0 Å². The zero-order valence-electron chi connectivity index (χ0n) is 19.3. The monoisotopic (exact) mass is 510 g/mol. The van der Waals surface area contributed by atoms with E-state index in [2.05, 4.69) is 9.98 Å². The first-order valence-corrected chi connectivity index (χ1v) is 12.8. The molecule has 0 amide bonds. The third kappa shape index (κ3) is 4.19. The standard InChI is InChI=1S/C28H18N2O4S2/c1-15-3-7-17(8-4-15)25(31)33-27-29-19-11-14-22-24-20(12-13-21(35-27)23(19)24)30-28(36-22)34-26(32)18-9-5-16(2)6-10-18/h3-14H,1-2H3. The third-order valence-corrected chi connectivity index (χ3v) is 7.61. The van der Waals surface area contributed by atoms with Crippen molar-refractivity contribution in [1.29, 1.82) is 0 Å². The number of ether oxygens (including phenoxy) is 2. The maximum Gasteiger partial charge on any atom is 0.345 e. The van der Waals surface area contributed by atoms with E-state index in [0.29, 0.717) is 22.5 Å². The highest BCUT2D eigenvalue weighted by Crippen LogP contribution is 2.49. The fourth-order valence-corrected chi connectivity index (χ4v) is 5.72. The summed E-state index contributed by atoms with van der Waals surface area (Å²) < 4.78 is 11.2. The molecule has 36 heavy (non-hydrogen) atoms. The van der Waals surface area contributed by atoms with Gasteiger partial charge in [-0.15, -0.1) is 0 Å². The van der Waals surface area contributed by atoms with E-state index in [1.165, 1.54) is 23.5 Å². The molecule has 6 rings (SSSR count). The maximum absolute atomic E-state index is 12.6. The van der Waals surface area contributed by atoms with Crippen molar-refractivity contribution in [1.82, 2.24) is 0 Å². The van der Waals surface area contributed by atoms with Gasteiger partial charge in [-0.2, -0.15) is 0 Å². The summed E-state index contributed by atoms with van der Waals surface area (Å²) in [6, 6.07) is 22.0. The molecule has 0 spiro atoms. The molecule has 2 heterocycles. The number of rotatable bonds is 2. The Hall–Kier alpha value is -3.88. The second-order valence-electron chi connectivity index (χ2n) is 8.39. The van der Waals surface area contributed by atoms with Gasteiger partial charge in [0.15, 0.2) is 0 Å². The SMILES string of the molecule is Cc1ccc(C(=O)OC2=Nc3ccc4c5c(ccc(c35)S2)N=C(OC(=O)c2ccc(C)cc2)S4)cc1. The minimum atomic E-state index is -0.449. The van der Waals surface area contributed by atoms with Crippen molar-refractivity contribution in [3.63, 3.8) is 0 Å². The Balaban J connectivity index is 1.29. The largest absolute Gasteiger partial charge is 0.397 e. The Labute approximate surface area is 215 Å². The van der Waals surface area contributed by atoms with Gasteiger partial charge in [0.25, 0.3) is 10.5 Å². The van der Waals surface area contributed by atoms with Gasteiger partial charge in [-0.05, 0) is 85.9 Å². The summed E-state index contributed by atoms with van der Waals surface area (Å²) in [5.41, 5.74) is 4.48. The summed E-state index contributed by atoms with van der Waals surface area (Å²) >= 11 is 2.60. The molecule has 0 saturated carbocycles. The topological polar surface area (TPSA) is 77.3 Å². The summed E-state index contributed by atoms with van der Waals surface area (Å²) in [5, 5.41) is 2.42. The summed E-state index contributed by atoms with van der Waals surface area (Å²) in [4.78, 5) is 36.2. The van der Waals surface area contributed by atoms with Crippen LogP contribution in [0, 0.1) is 13.8 Å². The zero-order chi connectivity index (χ0) is 24.8. The van der Waals surface area contributed by atoms with Crippen molar-refractivity contribution in [3.05, 3.63) is 95.1 Å². The summed E-state index contributed by atoms with van der Waals surface area (Å²) in [6.45, 7) is 3.93. The molecule has 2 aliphatic heterocycles. The van der Waals surface area contributed by atoms with E-state index in [0.717, 1.165) is 31.7 Å². The van der Waals surface area contributed by atoms with Crippen LogP contribution >= 0.6 is 23.5 Å². The van der Waals surface area contributed by atoms with E-state index in [4.69, 9.17) is 9.47 Å². The van der Waals surface area contributed by atoms with Gasteiger partial charge < -0.3 is 9.47 Å². The number of nitrogens with zero attached hydrogens (tertiary/aromatic N) is 2. The molecule has 176 valence electrons. The Bertz CT molecular complexity index is 1500. The first-order chi connectivity index (χ1) is 17.4. The van der Waals surface area contributed by atoms with Crippen LogP contribution in [-0.4, -0.2) is 22.4 Å². The first-order valence-electron chi connectivity index (χ1n) is 11.1. The number of aliphatic imine (C=N–C) groups is 2. The van der Waals surface area contributed by atoms with Crippen molar-refractivity contribution in [2.24, 2.45) is 9.98 Å². The molecule has 0 fully saturated rings. The molecule has 0 atom stereocenters. The van der Waals surface area contributed by atoms with E-state index < -0.39 is 11.9 Å². The number of thioether (sulfide) groups is 2. The highest BCUT2D eigenvalue weighted by atomic mass is 32.2. The van der Waals surface area contributed by atoms with Crippen molar-refractivity contribution < 1.29 is 19.1 Å². The minimum absolute atomic E-state index is 0.274. The summed E-state index contributed by atoms with van der Waals surface area (Å²) in [7, 11) is 0. The van der Waals surface area contributed by atoms with Gasteiger partial charge >= 0.3 is 11.9 Å². The lowest BCUT2D eigenvalue weighted by Crippen LogP contribution is -2.12. The second kappa shape index (κ2) is 8.96. The van der Waals surface area contributed by atoms with Crippen LogP contribution in [-0.2, 0) is 9.47 Å². The molecule has 2 aliphatic rings. The number of carbonyl (C=O) groups excluding carboxylic acids is 2. The van der Waals surface area contributed by atoms with E-state index in [9.17, 15) is 9.59 Å². The zero-order valence-corrected chi connectivity index (χ0v) is 20.9. The highest BCUT2D eigenvalue weighted by Gasteiger charge is 2.27. The van der Waals surface area contributed by atoms with Gasteiger partial charge in [0.1, 0.15) is 0 Å². The predicted octanol–water partition coefficient (Wildman–Crippen LogP) is 7.36. The Kier molecular flexibility index (Phi) is 5.62. The van der Waals surface area contributed by atoms with Crippen LogP contribution in [0.4, 0.5) is 11.4 Å². The number of hydrogen-bond acceptors (Lipinski definition) is 8. The quantitative estimate of drug-likeness (QED) is 0.262. The van der Waals surface area contributed by atoms with Gasteiger partial charge in [0.05, 0.1) is 22.5 Å². The van der Waals surface area contributed by atoms with Gasteiger partial charge in [-0.3, -0.25) is 0 Å². The number of esters is 2. The highest BCUT2D eigenvalue weighted by molar-refractivity contribution is 8.14. The molecule has 6 nitrogen and oxygen atoms in total. The number of benzene rings is 4. The van der Waals surface area contributed by atoms with Crippen LogP contribution in [0.15, 0.2) is 92.6 Å². The number of carbonyl (C=O) groups is 2. The minimum Gasteiger partial charge on any atom is -0.397 e. The Morgan fingerprint density at radius 1 is 0.583 bits per heavy atom. The maximum atomic E-state index is 12.6. The van der Waals surface area contributed by atoms with Gasteiger partial charge in [-0.1, -0.05) is 35.4 Å². The van der Waals surface area contributed by atoms with Crippen LogP contribution in [0.1, 0.15) is 31.8 Å². The average Bonchev–Trinajstić information content (AvgIpc) is 2.87. The summed E-state index contributed by atoms with van der Waals surface area (Å²) in [5.74, 6) is -0.897.